The van der Waals surface area contributed by atoms with Crippen LogP contribution in [0.1, 0.15) is 0 Å². The van der Waals surface area contributed by atoms with E-state index < -0.39 is 0 Å². The van der Waals surface area contributed by atoms with Crippen molar-refractivity contribution in [2.75, 3.05) is 12.4 Å². The van der Waals surface area contributed by atoms with E-state index in [0.29, 0.717) is 5.58 Å². The Balaban J connectivity index is 2.17. The third kappa shape index (κ3) is 1.91. The van der Waals surface area contributed by atoms with Gasteiger partial charge in [-0.2, -0.15) is 0 Å². The van der Waals surface area contributed by atoms with E-state index in [0.717, 1.165) is 22.3 Å². The van der Waals surface area contributed by atoms with Crippen LogP contribution < -0.4 is 11.1 Å². The summed E-state index contributed by atoms with van der Waals surface area (Å²) in [5.74, 6) is -0.337. The topological polar surface area (TPSA) is 47.2 Å². The summed E-state index contributed by atoms with van der Waals surface area (Å²) in [7, 11) is 3.59. The zero-order chi connectivity index (χ0) is 13.4. The molecule has 0 bridgehead atoms. The first-order chi connectivity index (χ1) is 9.19. The highest BCUT2D eigenvalue weighted by Crippen LogP contribution is 2.25. The van der Waals surface area contributed by atoms with Gasteiger partial charge in [0, 0.05) is 19.8 Å². The molecule has 0 radical (unpaired) electrons. The van der Waals surface area contributed by atoms with Gasteiger partial charge in [-0.3, -0.25) is 4.57 Å². The summed E-state index contributed by atoms with van der Waals surface area (Å²) in [5.41, 5.74) is 4.57. The molecule has 0 aliphatic rings. The molecule has 2 aromatic carbocycles. The van der Waals surface area contributed by atoms with E-state index in [1.165, 1.54) is 4.57 Å². The average Bonchev–Trinajstić information content (AvgIpc) is 2.73. The van der Waals surface area contributed by atoms with Crippen LogP contribution in [0.2, 0.25) is 0 Å². The van der Waals surface area contributed by atoms with Gasteiger partial charge in [0.1, 0.15) is 0 Å². The molecule has 96 valence electrons. The minimum absolute atomic E-state index is 0.337. The van der Waals surface area contributed by atoms with E-state index in [-0.39, 0.29) is 5.76 Å². The third-order valence-electron chi connectivity index (χ3n) is 3.28. The van der Waals surface area contributed by atoms with Crippen LogP contribution in [0.5, 0.6) is 0 Å². The Morgan fingerprint density at radius 1 is 1.11 bits per heavy atom. The molecule has 4 heteroatoms. The highest BCUT2D eigenvalue weighted by Gasteiger charge is 2.07. The van der Waals surface area contributed by atoms with Crippen molar-refractivity contribution in [3.8, 4) is 11.1 Å². The molecule has 1 heterocycles. The third-order valence-corrected chi connectivity index (χ3v) is 3.28. The van der Waals surface area contributed by atoms with Crippen molar-refractivity contribution in [3.63, 3.8) is 0 Å². The first kappa shape index (κ1) is 11.6. The number of oxazole rings is 1. The lowest BCUT2D eigenvalue weighted by molar-refractivity contribution is 0.528. The largest absolute Gasteiger partial charge is 0.419 e. The van der Waals surface area contributed by atoms with Crippen molar-refractivity contribution in [2.45, 2.75) is 0 Å². The van der Waals surface area contributed by atoms with Gasteiger partial charge < -0.3 is 9.73 Å². The average molecular weight is 254 g/mol. The number of fused-ring (bicyclic) bond motifs is 1. The lowest BCUT2D eigenvalue weighted by atomic mass is 10.0. The van der Waals surface area contributed by atoms with Gasteiger partial charge in [-0.05, 0) is 35.4 Å². The minimum atomic E-state index is -0.337. The van der Waals surface area contributed by atoms with E-state index >= 15 is 0 Å². The molecule has 0 aliphatic carbocycles. The fraction of sp³-hybridized carbons (Fsp3) is 0.133. The first-order valence-corrected chi connectivity index (χ1v) is 6.07. The summed E-state index contributed by atoms with van der Waals surface area (Å²) < 4.78 is 6.71. The van der Waals surface area contributed by atoms with Crippen molar-refractivity contribution in [2.24, 2.45) is 7.05 Å². The second kappa shape index (κ2) is 4.31. The summed E-state index contributed by atoms with van der Waals surface area (Å²) >= 11 is 0. The predicted molar refractivity (Wildman–Crippen MR) is 76.4 cm³/mol. The standard InChI is InChI=1S/C15H14N2O2/c1-16-12-5-3-4-10(8-12)11-6-7-13-14(9-11)19-15(18)17(13)2/h3-9,16H,1-2H3. The van der Waals surface area contributed by atoms with Crippen LogP contribution in [0.25, 0.3) is 22.2 Å². The van der Waals surface area contributed by atoms with Gasteiger partial charge >= 0.3 is 5.76 Å². The van der Waals surface area contributed by atoms with Crippen LogP contribution in [-0.2, 0) is 7.05 Å². The molecular formula is C15H14N2O2. The number of hydrogen-bond acceptors (Lipinski definition) is 3. The Bertz CT molecular complexity index is 799. The molecule has 0 saturated heterocycles. The molecule has 0 spiro atoms. The second-order valence-corrected chi connectivity index (χ2v) is 4.44. The van der Waals surface area contributed by atoms with Crippen molar-refractivity contribution in [1.82, 2.24) is 4.57 Å². The molecule has 0 aliphatic heterocycles. The van der Waals surface area contributed by atoms with E-state index in [4.69, 9.17) is 4.42 Å². The monoisotopic (exact) mass is 254 g/mol. The van der Waals surface area contributed by atoms with Crippen LogP contribution in [0.15, 0.2) is 51.7 Å². The number of aryl methyl sites for hydroxylation is 1. The first-order valence-electron chi connectivity index (χ1n) is 6.07. The van der Waals surface area contributed by atoms with E-state index in [1.807, 2.05) is 43.4 Å². The van der Waals surface area contributed by atoms with Gasteiger partial charge in [0.15, 0.2) is 5.58 Å². The molecule has 0 amide bonds. The van der Waals surface area contributed by atoms with Gasteiger partial charge in [-0.15, -0.1) is 0 Å². The van der Waals surface area contributed by atoms with Gasteiger partial charge in [-0.1, -0.05) is 18.2 Å². The molecule has 4 nitrogen and oxygen atoms in total. The van der Waals surface area contributed by atoms with Crippen LogP contribution >= 0.6 is 0 Å². The van der Waals surface area contributed by atoms with Gasteiger partial charge in [-0.25, -0.2) is 4.79 Å². The molecule has 0 fully saturated rings. The van der Waals surface area contributed by atoms with Gasteiger partial charge in [0.2, 0.25) is 0 Å². The van der Waals surface area contributed by atoms with Crippen LogP contribution in [0.4, 0.5) is 5.69 Å². The summed E-state index contributed by atoms with van der Waals surface area (Å²) in [4.78, 5) is 11.5. The number of aromatic nitrogens is 1. The highest BCUT2D eigenvalue weighted by molar-refractivity contribution is 5.81. The van der Waals surface area contributed by atoms with Crippen LogP contribution in [0.3, 0.4) is 0 Å². The molecule has 1 N–H and O–H groups in total. The summed E-state index contributed by atoms with van der Waals surface area (Å²) in [5, 5.41) is 3.11. The SMILES string of the molecule is CNc1cccc(-c2ccc3c(c2)oc(=O)n3C)c1. The number of benzene rings is 2. The summed E-state index contributed by atoms with van der Waals surface area (Å²) in [6.45, 7) is 0. The Hall–Kier alpha value is -2.49. The quantitative estimate of drug-likeness (QED) is 0.765. The van der Waals surface area contributed by atoms with Gasteiger partial charge in [0.05, 0.1) is 5.52 Å². The predicted octanol–water partition coefficient (Wildman–Crippen LogP) is 2.84. The number of hydrogen-bond donors (Lipinski definition) is 1. The lowest BCUT2D eigenvalue weighted by Crippen LogP contribution is -2.08. The van der Waals surface area contributed by atoms with Crippen molar-refractivity contribution in [3.05, 3.63) is 53.0 Å². The molecule has 3 aromatic rings. The smallest absolute Gasteiger partial charge is 0.408 e. The molecule has 0 unspecified atom stereocenters. The normalized spacial score (nSPS) is 10.8. The summed E-state index contributed by atoms with van der Waals surface area (Å²) in [6, 6.07) is 13.9. The lowest BCUT2D eigenvalue weighted by Gasteiger charge is -2.05. The number of anilines is 1. The van der Waals surface area contributed by atoms with E-state index in [1.54, 1.807) is 7.05 Å². The fourth-order valence-electron chi connectivity index (χ4n) is 2.17. The Morgan fingerprint density at radius 2 is 1.89 bits per heavy atom. The Labute approximate surface area is 110 Å². The maximum Gasteiger partial charge on any atom is 0.419 e. The number of nitrogens with one attached hydrogen (secondary N) is 1. The maximum absolute atomic E-state index is 11.5. The zero-order valence-electron chi connectivity index (χ0n) is 10.8. The second-order valence-electron chi connectivity index (χ2n) is 4.44. The fourth-order valence-corrected chi connectivity index (χ4v) is 2.17. The Morgan fingerprint density at radius 3 is 2.68 bits per heavy atom. The van der Waals surface area contributed by atoms with Crippen LogP contribution in [-0.4, -0.2) is 11.6 Å². The molecule has 0 atom stereocenters. The van der Waals surface area contributed by atoms with Crippen molar-refractivity contribution in [1.29, 1.82) is 0 Å². The molecule has 1 aromatic heterocycles. The molecule has 3 rings (SSSR count). The molecular weight excluding hydrogens is 240 g/mol. The molecule has 0 saturated carbocycles. The van der Waals surface area contributed by atoms with Crippen molar-refractivity contribution >= 4 is 16.8 Å². The highest BCUT2D eigenvalue weighted by atomic mass is 16.4. The van der Waals surface area contributed by atoms with Crippen LogP contribution in [0, 0.1) is 0 Å². The zero-order valence-corrected chi connectivity index (χ0v) is 10.8. The Kier molecular flexibility index (Phi) is 2.63. The maximum atomic E-state index is 11.5. The number of nitrogens with zero attached hydrogens (tertiary/aromatic N) is 1. The van der Waals surface area contributed by atoms with Crippen molar-refractivity contribution < 1.29 is 4.42 Å². The number of rotatable bonds is 2. The summed E-state index contributed by atoms with van der Waals surface area (Å²) in [6.07, 6.45) is 0. The van der Waals surface area contributed by atoms with E-state index in [2.05, 4.69) is 11.4 Å². The van der Waals surface area contributed by atoms with E-state index in [9.17, 15) is 4.79 Å². The van der Waals surface area contributed by atoms with Gasteiger partial charge in [0.25, 0.3) is 0 Å². The molecule has 19 heavy (non-hydrogen) atoms. The minimum Gasteiger partial charge on any atom is -0.408 e.